The van der Waals surface area contributed by atoms with Gasteiger partial charge in [0.25, 0.3) is 0 Å². The Morgan fingerprint density at radius 1 is 1.00 bits per heavy atom. The number of hydrogen-bond acceptors (Lipinski definition) is 6. The van der Waals surface area contributed by atoms with Crippen LogP contribution in [0.2, 0.25) is 0 Å². The van der Waals surface area contributed by atoms with Crippen LogP contribution in [-0.2, 0) is 4.74 Å². The number of carbonyl (C=O) groups excluding carboxylic acids is 2. The first kappa shape index (κ1) is 13.0. The molecule has 6 heteroatoms. The molecule has 0 saturated heterocycles. The molecule has 0 aliphatic carbocycles. The Hall–Kier alpha value is -3.02. The summed E-state index contributed by atoms with van der Waals surface area (Å²) in [5.41, 5.74) is 1.72. The number of fused-ring (bicyclic) bond motifs is 1. The van der Waals surface area contributed by atoms with Crippen LogP contribution in [0.3, 0.4) is 0 Å². The summed E-state index contributed by atoms with van der Waals surface area (Å²) >= 11 is 0. The van der Waals surface area contributed by atoms with Gasteiger partial charge in [0.15, 0.2) is 5.76 Å². The van der Waals surface area contributed by atoms with E-state index in [0.717, 1.165) is 0 Å². The van der Waals surface area contributed by atoms with Gasteiger partial charge in [0.2, 0.25) is 11.5 Å². The molecule has 3 rings (SSSR count). The molecule has 6 nitrogen and oxygen atoms in total. The highest BCUT2D eigenvalue weighted by Gasteiger charge is 2.17. The van der Waals surface area contributed by atoms with Gasteiger partial charge in [0.1, 0.15) is 0 Å². The molecule has 104 valence electrons. The molecule has 0 unspecified atom stereocenters. The summed E-state index contributed by atoms with van der Waals surface area (Å²) in [6, 6.07) is 7.82. The van der Waals surface area contributed by atoms with Crippen molar-refractivity contribution < 1.29 is 18.7 Å². The lowest BCUT2D eigenvalue weighted by molar-refractivity contribution is 0.0563. The van der Waals surface area contributed by atoms with Crippen LogP contribution in [0.4, 0.5) is 0 Å². The van der Waals surface area contributed by atoms with Crippen LogP contribution < -0.4 is 0 Å². The van der Waals surface area contributed by atoms with Crippen molar-refractivity contribution in [3.8, 4) is 0 Å². The summed E-state index contributed by atoms with van der Waals surface area (Å²) < 4.78 is 9.73. The molecule has 0 spiro atoms. The third-order valence-electron chi connectivity index (χ3n) is 2.95. The van der Waals surface area contributed by atoms with E-state index < -0.39 is 5.97 Å². The fourth-order valence-electron chi connectivity index (χ4n) is 1.92. The predicted molar refractivity (Wildman–Crippen MR) is 73.0 cm³/mol. The molecular formula is C15H10N2O4. The predicted octanol–water partition coefficient (Wildman–Crippen LogP) is 2.24. The number of hydrogen-bond donors (Lipinski definition) is 0. The molecule has 0 radical (unpaired) electrons. The van der Waals surface area contributed by atoms with E-state index in [1.165, 1.54) is 19.2 Å². The number of aromatic nitrogens is 2. The topological polar surface area (TPSA) is 82.3 Å². The Labute approximate surface area is 119 Å². The van der Waals surface area contributed by atoms with E-state index in [1.54, 1.807) is 30.6 Å². The molecule has 0 saturated carbocycles. The maximum absolute atomic E-state index is 12.3. The highest BCUT2D eigenvalue weighted by molar-refractivity contribution is 6.09. The van der Waals surface area contributed by atoms with Crippen molar-refractivity contribution in [2.75, 3.05) is 7.11 Å². The van der Waals surface area contributed by atoms with Crippen LogP contribution in [0, 0.1) is 0 Å². The molecule has 0 aliphatic heterocycles. The van der Waals surface area contributed by atoms with Gasteiger partial charge in [0.05, 0.1) is 18.1 Å². The van der Waals surface area contributed by atoms with Gasteiger partial charge in [-0.15, -0.1) is 0 Å². The van der Waals surface area contributed by atoms with E-state index in [9.17, 15) is 9.59 Å². The van der Waals surface area contributed by atoms with Gasteiger partial charge in [-0.25, -0.2) is 4.79 Å². The molecule has 0 aliphatic rings. The summed E-state index contributed by atoms with van der Waals surface area (Å²) in [4.78, 5) is 31.9. The van der Waals surface area contributed by atoms with Gasteiger partial charge < -0.3 is 9.15 Å². The Bertz CT molecular complexity index is 838. The van der Waals surface area contributed by atoms with Gasteiger partial charge in [-0.3, -0.25) is 14.8 Å². The zero-order chi connectivity index (χ0) is 14.8. The number of nitrogens with zero attached hydrogens (tertiary/aromatic N) is 2. The smallest absolute Gasteiger partial charge is 0.373 e. The van der Waals surface area contributed by atoms with Gasteiger partial charge >= 0.3 is 5.97 Å². The number of methoxy groups -OCH3 is 1. The summed E-state index contributed by atoms with van der Waals surface area (Å²) in [6.07, 6.45) is 3.14. The zero-order valence-electron chi connectivity index (χ0n) is 11.1. The fourth-order valence-corrected chi connectivity index (χ4v) is 1.92. The maximum atomic E-state index is 12.3. The molecule has 0 atom stereocenters. The van der Waals surface area contributed by atoms with Crippen LogP contribution in [0.5, 0.6) is 0 Å². The zero-order valence-corrected chi connectivity index (χ0v) is 11.1. The van der Waals surface area contributed by atoms with Crippen molar-refractivity contribution in [3.63, 3.8) is 0 Å². The average Bonchev–Trinajstić information content (AvgIpc) is 3.03. The Morgan fingerprint density at radius 2 is 1.71 bits per heavy atom. The van der Waals surface area contributed by atoms with E-state index in [-0.39, 0.29) is 17.3 Å². The van der Waals surface area contributed by atoms with Crippen LogP contribution in [-0.4, -0.2) is 28.8 Å². The highest BCUT2D eigenvalue weighted by Crippen LogP contribution is 2.17. The number of carbonyl (C=O) groups is 2. The minimum Gasteiger partial charge on any atom is -0.463 e. The lowest BCUT2D eigenvalue weighted by atomic mass is 10.1. The van der Waals surface area contributed by atoms with Crippen molar-refractivity contribution in [3.05, 3.63) is 59.8 Å². The number of ether oxygens (including phenoxy) is 1. The second kappa shape index (κ2) is 5.16. The van der Waals surface area contributed by atoms with Crippen molar-refractivity contribution in [2.45, 2.75) is 0 Å². The van der Waals surface area contributed by atoms with Crippen LogP contribution in [0.25, 0.3) is 11.0 Å². The first-order valence-corrected chi connectivity index (χ1v) is 6.12. The molecule has 3 aromatic rings. The quantitative estimate of drug-likeness (QED) is 0.541. The monoisotopic (exact) mass is 282 g/mol. The van der Waals surface area contributed by atoms with E-state index in [4.69, 9.17) is 4.42 Å². The number of benzene rings is 1. The lowest BCUT2D eigenvalue weighted by Gasteiger charge is -2.00. The maximum Gasteiger partial charge on any atom is 0.373 e. The average molecular weight is 282 g/mol. The number of rotatable bonds is 3. The lowest BCUT2D eigenvalue weighted by Crippen LogP contribution is -2.01. The number of esters is 1. The summed E-state index contributed by atoms with van der Waals surface area (Å²) in [6.45, 7) is 0. The molecule has 0 N–H and O–H groups in total. The van der Waals surface area contributed by atoms with Crippen LogP contribution >= 0.6 is 0 Å². The Kier molecular flexibility index (Phi) is 3.19. The molecule has 0 amide bonds. The SMILES string of the molecule is COC(=O)c1ccc(C(=O)c2ccc3nccnc3c2)o1. The third kappa shape index (κ3) is 2.38. The second-order valence-corrected chi connectivity index (χ2v) is 4.24. The summed E-state index contributed by atoms with van der Waals surface area (Å²) in [5, 5.41) is 0. The van der Waals surface area contributed by atoms with Gasteiger partial charge in [-0.2, -0.15) is 0 Å². The number of furan rings is 1. The minimum absolute atomic E-state index is 0.0126. The molecular weight excluding hydrogens is 272 g/mol. The first-order chi connectivity index (χ1) is 10.2. The van der Waals surface area contributed by atoms with E-state index >= 15 is 0 Å². The largest absolute Gasteiger partial charge is 0.463 e. The second-order valence-electron chi connectivity index (χ2n) is 4.24. The van der Waals surface area contributed by atoms with Crippen molar-refractivity contribution in [1.82, 2.24) is 9.97 Å². The Morgan fingerprint density at radius 3 is 2.48 bits per heavy atom. The van der Waals surface area contributed by atoms with Gasteiger partial charge in [0, 0.05) is 18.0 Å². The standard InChI is InChI=1S/C15H10N2O4/c1-20-15(19)13-5-4-12(21-13)14(18)9-2-3-10-11(8-9)17-7-6-16-10/h2-8H,1H3. The van der Waals surface area contributed by atoms with Crippen LogP contribution in [0.1, 0.15) is 26.7 Å². The molecule has 1 aromatic carbocycles. The van der Waals surface area contributed by atoms with E-state index in [0.29, 0.717) is 16.6 Å². The Balaban J connectivity index is 1.96. The molecule has 0 fully saturated rings. The van der Waals surface area contributed by atoms with Crippen molar-refractivity contribution >= 4 is 22.8 Å². The summed E-state index contributed by atoms with van der Waals surface area (Å²) in [5.74, 6) is -0.906. The molecule has 2 heterocycles. The highest BCUT2D eigenvalue weighted by atomic mass is 16.5. The normalized spacial score (nSPS) is 10.5. The molecule has 0 bridgehead atoms. The number of ketones is 1. The minimum atomic E-state index is -0.626. The molecule has 21 heavy (non-hydrogen) atoms. The first-order valence-electron chi connectivity index (χ1n) is 6.12. The van der Waals surface area contributed by atoms with Gasteiger partial charge in [-0.1, -0.05) is 0 Å². The molecule has 2 aromatic heterocycles. The van der Waals surface area contributed by atoms with Crippen molar-refractivity contribution in [1.29, 1.82) is 0 Å². The fraction of sp³-hybridized carbons (Fsp3) is 0.0667. The van der Waals surface area contributed by atoms with Crippen molar-refractivity contribution in [2.24, 2.45) is 0 Å². The van der Waals surface area contributed by atoms with Gasteiger partial charge in [-0.05, 0) is 30.3 Å². The summed E-state index contributed by atoms with van der Waals surface area (Å²) in [7, 11) is 1.24. The van der Waals surface area contributed by atoms with E-state index in [2.05, 4.69) is 14.7 Å². The third-order valence-corrected chi connectivity index (χ3v) is 2.95. The van der Waals surface area contributed by atoms with E-state index in [1.807, 2.05) is 0 Å². The van der Waals surface area contributed by atoms with Crippen LogP contribution in [0.15, 0.2) is 47.1 Å².